The fraction of sp³-hybridized carbons (Fsp3) is 0.471. The quantitative estimate of drug-likeness (QED) is 0.731. The van der Waals surface area contributed by atoms with Crippen LogP contribution in [0.1, 0.15) is 17.5 Å². The van der Waals surface area contributed by atoms with Crippen LogP contribution in [0.3, 0.4) is 0 Å². The monoisotopic (exact) mass is 299 g/mol. The highest BCUT2D eigenvalue weighted by molar-refractivity contribution is 5.99. The normalized spacial score (nSPS) is 41.3. The number of rotatable bonds is 0. The zero-order valence-electron chi connectivity index (χ0n) is 12.2. The van der Waals surface area contributed by atoms with Gasteiger partial charge in [0.2, 0.25) is 0 Å². The van der Waals surface area contributed by atoms with Gasteiger partial charge in [0.05, 0.1) is 5.41 Å². The third-order valence-electron chi connectivity index (χ3n) is 6.14. The maximum atomic E-state index is 12.4. The number of likely N-dealkylation sites (N-methyl/N-ethyl adjacent to an activating group) is 1. The molecule has 2 heterocycles. The maximum absolute atomic E-state index is 12.4. The number of aliphatic hydroxyl groups is 1. The first-order valence-electron chi connectivity index (χ1n) is 7.67. The third-order valence-corrected chi connectivity index (χ3v) is 6.14. The summed E-state index contributed by atoms with van der Waals surface area (Å²) in [6, 6.07) is 3.44. The summed E-state index contributed by atoms with van der Waals surface area (Å²) in [4.78, 5) is 14.6. The minimum atomic E-state index is -1.13. The Morgan fingerprint density at radius 2 is 2.23 bits per heavy atom. The van der Waals surface area contributed by atoms with Crippen LogP contribution in [0.4, 0.5) is 0 Å². The van der Waals surface area contributed by atoms with Crippen LogP contribution in [0.15, 0.2) is 24.3 Å². The lowest BCUT2D eigenvalue weighted by Gasteiger charge is -2.60. The average molecular weight is 299 g/mol. The third kappa shape index (κ3) is 1.08. The summed E-state index contributed by atoms with van der Waals surface area (Å²) in [5.74, 6) is 0.312. The Hall–Kier alpha value is -1.85. The molecule has 4 atom stereocenters. The lowest BCUT2D eigenvalue weighted by molar-refractivity contribution is -0.151. The van der Waals surface area contributed by atoms with Gasteiger partial charge in [-0.05, 0) is 50.2 Å². The molecule has 1 aromatic carbocycles. The zero-order chi connectivity index (χ0) is 15.3. The molecule has 1 spiro atoms. The molecule has 2 unspecified atom stereocenters. The molecule has 2 aliphatic heterocycles. The highest BCUT2D eigenvalue weighted by atomic mass is 16.5. The molecule has 5 rings (SSSR count). The minimum Gasteiger partial charge on any atom is -0.504 e. The number of phenolic OH excluding ortho intramolecular Hbond substituents is 1. The summed E-state index contributed by atoms with van der Waals surface area (Å²) in [5, 5.41) is 21.7. The van der Waals surface area contributed by atoms with Crippen molar-refractivity contribution in [3.8, 4) is 11.5 Å². The number of nitrogens with zero attached hydrogens (tertiary/aromatic N) is 1. The molecule has 2 bridgehead atoms. The molecule has 0 saturated carbocycles. The number of carbonyl (C=O) groups is 1. The number of aromatic hydroxyl groups is 1. The molecule has 5 nitrogen and oxygen atoms in total. The van der Waals surface area contributed by atoms with E-state index in [2.05, 4.69) is 4.90 Å². The van der Waals surface area contributed by atoms with Crippen LogP contribution < -0.4 is 4.74 Å². The van der Waals surface area contributed by atoms with Crippen LogP contribution in [0.2, 0.25) is 0 Å². The van der Waals surface area contributed by atoms with E-state index in [0.29, 0.717) is 18.6 Å². The lowest BCUT2D eigenvalue weighted by Crippen LogP contribution is -2.74. The average Bonchev–Trinajstić information content (AvgIpc) is 2.85. The standard InChI is InChI=1S/C17H17NO4/c1-18-7-6-16-13-9-2-3-10(19)14(13)22-15(16)11(20)4-5-17(16,21)12(18)8-9/h2-5,12,15,19,21H,6-8H2,1H3/t12-,15+,16?,17?/m1/s1. The number of hydrogen-bond donors (Lipinski definition) is 2. The topological polar surface area (TPSA) is 70.0 Å². The molecule has 4 aliphatic rings. The fourth-order valence-electron chi connectivity index (χ4n) is 5.13. The Morgan fingerprint density at radius 1 is 1.41 bits per heavy atom. The number of likely N-dealkylation sites (tertiary alicyclic amines) is 1. The van der Waals surface area contributed by atoms with Crippen LogP contribution in [-0.4, -0.2) is 52.2 Å². The maximum Gasteiger partial charge on any atom is 0.196 e. The first-order valence-corrected chi connectivity index (χ1v) is 7.67. The van der Waals surface area contributed by atoms with Gasteiger partial charge in [0.1, 0.15) is 5.60 Å². The van der Waals surface area contributed by atoms with Crippen molar-refractivity contribution in [3.05, 3.63) is 35.4 Å². The second-order valence-corrected chi connectivity index (χ2v) is 6.93. The smallest absolute Gasteiger partial charge is 0.196 e. The summed E-state index contributed by atoms with van der Waals surface area (Å²) in [7, 11) is 2.01. The largest absolute Gasteiger partial charge is 0.504 e. The van der Waals surface area contributed by atoms with E-state index in [1.165, 1.54) is 6.08 Å². The number of phenols is 1. The van der Waals surface area contributed by atoms with Crippen molar-refractivity contribution >= 4 is 5.78 Å². The first kappa shape index (κ1) is 12.7. The summed E-state index contributed by atoms with van der Waals surface area (Å²) >= 11 is 0. The van der Waals surface area contributed by atoms with Gasteiger partial charge >= 0.3 is 0 Å². The van der Waals surface area contributed by atoms with Crippen molar-refractivity contribution in [1.29, 1.82) is 0 Å². The van der Waals surface area contributed by atoms with Crippen LogP contribution >= 0.6 is 0 Å². The minimum absolute atomic E-state index is 0.0510. The summed E-state index contributed by atoms with van der Waals surface area (Å²) in [6.45, 7) is 0.794. The highest BCUT2D eigenvalue weighted by Crippen LogP contribution is 2.63. The van der Waals surface area contributed by atoms with E-state index in [9.17, 15) is 15.0 Å². The Balaban J connectivity index is 1.91. The number of ketones is 1. The highest BCUT2D eigenvalue weighted by Gasteiger charge is 2.71. The fourth-order valence-corrected chi connectivity index (χ4v) is 5.13. The summed E-state index contributed by atoms with van der Waals surface area (Å²) < 4.78 is 5.89. The van der Waals surface area contributed by atoms with Gasteiger partial charge in [-0.15, -0.1) is 0 Å². The Labute approximate surface area is 127 Å². The molecular formula is C17H17NO4. The van der Waals surface area contributed by atoms with Gasteiger partial charge in [0.15, 0.2) is 23.4 Å². The van der Waals surface area contributed by atoms with E-state index >= 15 is 0 Å². The van der Waals surface area contributed by atoms with Crippen molar-refractivity contribution in [3.63, 3.8) is 0 Å². The van der Waals surface area contributed by atoms with Gasteiger partial charge in [0.25, 0.3) is 0 Å². The zero-order valence-corrected chi connectivity index (χ0v) is 12.2. The SMILES string of the molecule is CN1CCC23c4c5ccc(O)c4O[C@H]2C(=O)C=CC3(O)[C@H]1C5. The van der Waals surface area contributed by atoms with Crippen LogP contribution in [0.25, 0.3) is 0 Å². The molecule has 0 amide bonds. The van der Waals surface area contributed by atoms with Crippen LogP contribution in [0, 0.1) is 0 Å². The molecular weight excluding hydrogens is 282 g/mol. The molecule has 1 aromatic rings. The molecule has 2 N–H and O–H groups in total. The molecule has 22 heavy (non-hydrogen) atoms. The van der Waals surface area contributed by atoms with Crippen LogP contribution in [0.5, 0.6) is 11.5 Å². The second kappa shape index (κ2) is 3.55. The second-order valence-electron chi connectivity index (χ2n) is 6.93. The molecule has 0 radical (unpaired) electrons. The molecule has 2 aliphatic carbocycles. The van der Waals surface area contributed by atoms with Gasteiger partial charge in [-0.3, -0.25) is 9.69 Å². The lowest BCUT2D eigenvalue weighted by atomic mass is 9.51. The predicted octanol–water partition coefficient (Wildman–Crippen LogP) is 0.521. The Bertz CT molecular complexity index is 757. The molecule has 1 saturated heterocycles. The number of carbonyl (C=O) groups excluding carboxylic acids is 1. The van der Waals surface area contributed by atoms with E-state index < -0.39 is 17.1 Å². The van der Waals surface area contributed by atoms with Gasteiger partial charge in [-0.1, -0.05) is 6.07 Å². The van der Waals surface area contributed by atoms with Crippen molar-refractivity contribution in [1.82, 2.24) is 4.90 Å². The number of ether oxygens (including phenoxy) is 1. The molecule has 5 heteroatoms. The van der Waals surface area contributed by atoms with Crippen molar-refractivity contribution in [2.24, 2.45) is 0 Å². The van der Waals surface area contributed by atoms with E-state index in [4.69, 9.17) is 4.74 Å². The molecule has 0 aromatic heterocycles. The van der Waals surface area contributed by atoms with E-state index in [1.807, 2.05) is 13.1 Å². The Morgan fingerprint density at radius 3 is 3.05 bits per heavy atom. The Kier molecular flexibility index (Phi) is 2.04. The summed E-state index contributed by atoms with van der Waals surface area (Å²) in [6.07, 6.45) is 3.70. The van der Waals surface area contributed by atoms with Crippen LogP contribution in [-0.2, 0) is 16.6 Å². The number of hydrogen-bond acceptors (Lipinski definition) is 5. The van der Waals surface area contributed by atoms with Crippen molar-refractivity contribution < 1.29 is 19.7 Å². The van der Waals surface area contributed by atoms with Gasteiger partial charge in [-0.25, -0.2) is 0 Å². The molecule has 114 valence electrons. The number of piperidine rings is 1. The van der Waals surface area contributed by atoms with E-state index in [-0.39, 0.29) is 17.6 Å². The van der Waals surface area contributed by atoms with Crippen molar-refractivity contribution in [2.75, 3.05) is 13.6 Å². The van der Waals surface area contributed by atoms with E-state index in [0.717, 1.165) is 17.7 Å². The van der Waals surface area contributed by atoms with Gasteiger partial charge in [0, 0.05) is 11.6 Å². The van der Waals surface area contributed by atoms with Gasteiger partial charge in [-0.2, -0.15) is 0 Å². The number of benzene rings is 1. The van der Waals surface area contributed by atoms with Gasteiger partial charge < -0.3 is 14.9 Å². The van der Waals surface area contributed by atoms with Crippen molar-refractivity contribution in [2.45, 2.75) is 36.0 Å². The first-order chi connectivity index (χ1) is 10.5. The van der Waals surface area contributed by atoms with E-state index in [1.54, 1.807) is 12.1 Å². The summed E-state index contributed by atoms with van der Waals surface area (Å²) in [5.41, 5.74) is 0.0177. The predicted molar refractivity (Wildman–Crippen MR) is 78.0 cm³/mol. The molecule has 1 fully saturated rings.